The lowest BCUT2D eigenvalue weighted by Gasteiger charge is -1.96. The Morgan fingerprint density at radius 3 is 2.15 bits per heavy atom. The van der Waals surface area contributed by atoms with Gasteiger partial charge in [0.15, 0.2) is 0 Å². The lowest BCUT2D eigenvalue weighted by atomic mass is 10.1. The van der Waals surface area contributed by atoms with Crippen molar-refractivity contribution in [2.45, 2.75) is 13.8 Å². The minimum atomic E-state index is 0.606. The summed E-state index contributed by atoms with van der Waals surface area (Å²) in [6.07, 6.45) is 7.22. The second-order valence-corrected chi connectivity index (χ2v) is 4.54. The smallest absolute Gasteiger partial charge is 0.226 e. The molecule has 4 heteroatoms. The van der Waals surface area contributed by atoms with Crippen LogP contribution < -0.4 is 0 Å². The maximum Gasteiger partial charge on any atom is 0.226 e. The molecule has 0 fully saturated rings. The van der Waals surface area contributed by atoms with Gasteiger partial charge in [0.05, 0.1) is 12.4 Å². The topological polar surface area (TPSA) is 52.1 Å². The zero-order valence-electron chi connectivity index (χ0n) is 11.3. The van der Waals surface area contributed by atoms with Gasteiger partial charge in [-0.2, -0.15) is 0 Å². The van der Waals surface area contributed by atoms with E-state index in [-0.39, 0.29) is 0 Å². The molecule has 0 bridgehead atoms. The van der Waals surface area contributed by atoms with Crippen LogP contribution >= 0.6 is 0 Å². The summed E-state index contributed by atoms with van der Waals surface area (Å²) in [5.74, 6) is 2.86. The molecule has 0 aliphatic rings. The highest BCUT2D eigenvalue weighted by molar-refractivity contribution is 5.67. The predicted molar refractivity (Wildman–Crippen MR) is 76.8 cm³/mol. The molecule has 0 atom stereocenters. The first-order valence-electron chi connectivity index (χ1n) is 6.34. The van der Waals surface area contributed by atoms with Crippen molar-refractivity contribution < 1.29 is 8.83 Å². The van der Waals surface area contributed by atoms with Gasteiger partial charge < -0.3 is 8.83 Å². The van der Waals surface area contributed by atoms with Crippen molar-refractivity contribution in [3.63, 3.8) is 0 Å². The Kier molecular flexibility index (Phi) is 3.21. The molecule has 4 nitrogen and oxygen atoms in total. The summed E-state index contributed by atoms with van der Waals surface area (Å²) >= 11 is 0. The van der Waals surface area contributed by atoms with Crippen LogP contribution in [0.5, 0.6) is 0 Å². The first-order valence-corrected chi connectivity index (χ1v) is 6.34. The van der Waals surface area contributed by atoms with Gasteiger partial charge in [0.1, 0.15) is 11.5 Å². The molecular formula is C16H14N2O2. The van der Waals surface area contributed by atoms with E-state index in [1.165, 1.54) is 0 Å². The second kappa shape index (κ2) is 5.17. The molecule has 0 aliphatic carbocycles. The number of aryl methyl sites for hydroxylation is 2. The molecule has 0 amide bonds. The SMILES string of the molecule is Cc1cnc(C=Cc2ccc(-c3ncc(C)o3)cc2)o1. The Hall–Kier alpha value is -2.62. The molecule has 0 radical (unpaired) electrons. The monoisotopic (exact) mass is 266 g/mol. The van der Waals surface area contributed by atoms with Crippen LogP contribution in [0.4, 0.5) is 0 Å². The van der Waals surface area contributed by atoms with E-state index in [4.69, 9.17) is 8.83 Å². The highest BCUT2D eigenvalue weighted by Crippen LogP contribution is 2.20. The number of oxazole rings is 2. The van der Waals surface area contributed by atoms with E-state index in [2.05, 4.69) is 9.97 Å². The van der Waals surface area contributed by atoms with Crippen LogP contribution in [-0.4, -0.2) is 9.97 Å². The molecule has 1 aromatic carbocycles. The lowest BCUT2D eigenvalue weighted by Crippen LogP contribution is -1.78. The van der Waals surface area contributed by atoms with E-state index in [0.717, 1.165) is 22.6 Å². The molecule has 0 N–H and O–H groups in total. The third kappa shape index (κ3) is 2.69. The van der Waals surface area contributed by atoms with E-state index in [0.29, 0.717) is 11.8 Å². The highest BCUT2D eigenvalue weighted by atomic mass is 16.4. The highest BCUT2D eigenvalue weighted by Gasteiger charge is 2.03. The standard InChI is InChI=1S/C16H14N2O2/c1-11-9-17-15(19-11)8-5-13-3-6-14(7-4-13)16-18-10-12(2)20-16/h3-10H,1-2H3. The van der Waals surface area contributed by atoms with Crippen molar-refractivity contribution in [2.75, 3.05) is 0 Å². The summed E-state index contributed by atoms with van der Waals surface area (Å²) < 4.78 is 10.9. The summed E-state index contributed by atoms with van der Waals surface area (Å²) in [6, 6.07) is 7.96. The molecule has 2 heterocycles. The lowest BCUT2D eigenvalue weighted by molar-refractivity contribution is 0.517. The van der Waals surface area contributed by atoms with Gasteiger partial charge in [-0.1, -0.05) is 12.1 Å². The maximum absolute atomic E-state index is 5.49. The quantitative estimate of drug-likeness (QED) is 0.715. The predicted octanol–water partition coefficient (Wildman–Crippen LogP) is 4.12. The van der Waals surface area contributed by atoms with E-state index >= 15 is 0 Å². The van der Waals surface area contributed by atoms with Gasteiger partial charge in [-0.05, 0) is 37.6 Å². The Morgan fingerprint density at radius 1 is 0.850 bits per heavy atom. The maximum atomic E-state index is 5.49. The largest absolute Gasteiger partial charge is 0.442 e. The van der Waals surface area contributed by atoms with Gasteiger partial charge >= 0.3 is 0 Å². The van der Waals surface area contributed by atoms with Crippen LogP contribution in [0, 0.1) is 13.8 Å². The number of hydrogen-bond donors (Lipinski definition) is 0. The first-order chi connectivity index (χ1) is 9.70. The van der Waals surface area contributed by atoms with Crippen LogP contribution in [-0.2, 0) is 0 Å². The number of rotatable bonds is 3. The summed E-state index contributed by atoms with van der Waals surface area (Å²) in [6.45, 7) is 3.75. The number of aromatic nitrogens is 2. The van der Waals surface area contributed by atoms with Gasteiger partial charge in [0.25, 0.3) is 0 Å². The molecule has 100 valence electrons. The van der Waals surface area contributed by atoms with E-state index in [1.54, 1.807) is 12.4 Å². The van der Waals surface area contributed by atoms with Crippen LogP contribution in [0.25, 0.3) is 23.6 Å². The Labute approximate surface area is 116 Å². The van der Waals surface area contributed by atoms with Gasteiger partial charge in [-0.25, -0.2) is 9.97 Å². The molecule has 0 unspecified atom stereocenters. The molecular weight excluding hydrogens is 252 g/mol. The molecule has 2 aromatic heterocycles. The fourth-order valence-electron chi connectivity index (χ4n) is 1.84. The Balaban J connectivity index is 1.78. The molecule has 0 aliphatic heterocycles. The van der Waals surface area contributed by atoms with Gasteiger partial charge in [0, 0.05) is 11.6 Å². The zero-order chi connectivity index (χ0) is 13.9. The van der Waals surface area contributed by atoms with Crippen molar-refractivity contribution >= 4 is 12.2 Å². The molecule has 0 saturated heterocycles. The molecule has 3 aromatic rings. The van der Waals surface area contributed by atoms with Gasteiger partial charge in [0.2, 0.25) is 11.8 Å². The molecule has 0 saturated carbocycles. The third-order valence-corrected chi connectivity index (χ3v) is 2.84. The summed E-state index contributed by atoms with van der Waals surface area (Å²) in [5, 5.41) is 0. The van der Waals surface area contributed by atoms with Crippen molar-refractivity contribution in [3.8, 4) is 11.5 Å². The van der Waals surface area contributed by atoms with E-state index < -0.39 is 0 Å². The van der Waals surface area contributed by atoms with Crippen LogP contribution in [0.15, 0.2) is 45.5 Å². The number of nitrogens with zero attached hydrogens (tertiary/aromatic N) is 2. The van der Waals surface area contributed by atoms with Crippen molar-refractivity contribution in [2.24, 2.45) is 0 Å². The van der Waals surface area contributed by atoms with Gasteiger partial charge in [-0.15, -0.1) is 0 Å². The van der Waals surface area contributed by atoms with Crippen LogP contribution in [0.1, 0.15) is 23.0 Å². The minimum absolute atomic E-state index is 0.606. The zero-order valence-corrected chi connectivity index (χ0v) is 11.3. The Bertz CT molecular complexity index is 736. The molecule has 20 heavy (non-hydrogen) atoms. The van der Waals surface area contributed by atoms with Crippen molar-refractivity contribution in [3.05, 3.63) is 59.6 Å². The Morgan fingerprint density at radius 2 is 1.55 bits per heavy atom. The molecule has 0 spiro atoms. The summed E-state index contributed by atoms with van der Waals surface area (Å²) in [4.78, 5) is 8.32. The van der Waals surface area contributed by atoms with Gasteiger partial charge in [-0.3, -0.25) is 0 Å². The van der Waals surface area contributed by atoms with E-state index in [1.807, 2.05) is 50.3 Å². The summed E-state index contributed by atoms with van der Waals surface area (Å²) in [5.41, 5.74) is 2.02. The van der Waals surface area contributed by atoms with Crippen LogP contribution in [0.3, 0.4) is 0 Å². The number of hydrogen-bond acceptors (Lipinski definition) is 4. The second-order valence-electron chi connectivity index (χ2n) is 4.54. The van der Waals surface area contributed by atoms with Crippen molar-refractivity contribution in [1.29, 1.82) is 0 Å². The van der Waals surface area contributed by atoms with E-state index in [9.17, 15) is 0 Å². The molecule has 3 rings (SSSR count). The number of benzene rings is 1. The average molecular weight is 266 g/mol. The third-order valence-electron chi connectivity index (χ3n) is 2.84. The normalized spacial score (nSPS) is 11.3. The fraction of sp³-hybridized carbons (Fsp3) is 0.125. The fourth-order valence-corrected chi connectivity index (χ4v) is 1.84. The minimum Gasteiger partial charge on any atom is -0.442 e. The first kappa shape index (κ1) is 12.4. The average Bonchev–Trinajstić information content (AvgIpc) is 3.06. The summed E-state index contributed by atoms with van der Waals surface area (Å²) in [7, 11) is 0. The van der Waals surface area contributed by atoms with Crippen LogP contribution in [0.2, 0.25) is 0 Å². The van der Waals surface area contributed by atoms with Crippen molar-refractivity contribution in [1.82, 2.24) is 9.97 Å².